The van der Waals surface area contributed by atoms with Gasteiger partial charge in [-0.25, -0.2) is 0 Å². The van der Waals surface area contributed by atoms with Gasteiger partial charge in [-0.3, -0.25) is 0 Å². The summed E-state index contributed by atoms with van der Waals surface area (Å²) in [5, 5.41) is 9.98. The topological polar surface area (TPSA) is 55.5 Å². The Kier molecular flexibility index (Phi) is 17.1. The highest BCUT2D eigenvalue weighted by atomic mass is 16.5. The zero-order valence-corrected chi connectivity index (χ0v) is 15.2. The van der Waals surface area contributed by atoms with Crippen LogP contribution in [0.15, 0.2) is 0 Å². The van der Waals surface area contributed by atoms with E-state index in [1.807, 2.05) is 0 Å². The zero-order chi connectivity index (χ0) is 16.5. The average molecular weight is 316 g/mol. The summed E-state index contributed by atoms with van der Waals surface area (Å²) in [6.07, 6.45) is 15.6. The summed E-state index contributed by atoms with van der Waals surface area (Å²) in [7, 11) is 0. The van der Waals surface area contributed by atoms with Gasteiger partial charge in [0.2, 0.25) is 0 Å². The van der Waals surface area contributed by atoms with E-state index in [1.54, 1.807) is 0 Å². The predicted octanol–water partition coefficient (Wildman–Crippen LogP) is 4.80. The van der Waals surface area contributed by atoms with E-state index in [9.17, 15) is 5.11 Å². The summed E-state index contributed by atoms with van der Waals surface area (Å²) in [5.74, 6) is 0. The molecule has 3 nitrogen and oxygen atoms in total. The Bertz CT molecular complexity index is 212. The summed E-state index contributed by atoms with van der Waals surface area (Å²) in [6.45, 7) is 5.62. The van der Waals surface area contributed by atoms with Gasteiger partial charge >= 0.3 is 0 Å². The smallest absolute Gasteiger partial charge is 0.0924 e. The van der Waals surface area contributed by atoms with Crippen LogP contribution >= 0.6 is 0 Å². The number of rotatable bonds is 17. The van der Waals surface area contributed by atoms with E-state index in [4.69, 9.17) is 10.5 Å². The third-order valence-electron chi connectivity index (χ3n) is 4.32. The van der Waals surface area contributed by atoms with Crippen molar-refractivity contribution in [1.82, 2.24) is 0 Å². The van der Waals surface area contributed by atoms with Crippen molar-refractivity contribution in [3.8, 4) is 0 Å². The van der Waals surface area contributed by atoms with Crippen molar-refractivity contribution in [1.29, 1.82) is 0 Å². The van der Waals surface area contributed by atoms with E-state index in [2.05, 4.69) is 13.8 Å². The minimum Gasteiger partial charge on any atom is -0.389 e. The molecule has 0 aliphatic carbocycles. The minimum absolute atomic E-state index is 0.129. The molecular formula is C19H41NO2. The van der Waals surface area contributed by atoms with Crippen molar-refractivity contribution in [2.24, 2.45) is 5.73 Å². The molecule has 0 aromatic rings. The SMILES string of the molecule is CCCCCCCCOCC(O)C(N)CCCCCCCC. The van der Waals surface area contributed by atoms with Gasteiger partial charge in [0, 0.05) is 12.6 Å². The maximum Gasteiger partial charge on any atom is 0.0924 e. The van der Waals surface area contributed by atoms with Gasteiger partial charge < -0.3 is 15.6 Å². The molecule has 0 heterocycles. The summed E-state index contributed by atoms with van der Waals surface area (Å²) >= 11 is 0. The Morgan fingerprint density at radius 3 is 1.86 bits per heavy atom. The molecule has 0 bridgehead atoms. The van der Waals surface area contributed by atoms with Crippen LogP contribution in [-0.4, -0.2) is 30.5 Å². The first-order chi connectivity index (χ1) is 10.7. The van der Waals surface area contributed by atoms with Gasteiger partial charge in [-0.05, 0) is 12.8 Å². The monoisotopic (exact) mass is 315 g/mol. The van der Waals surface area contributed by atoms with Crippen LogP contribution in [0.25, 0.3) is 0 Å². The van der Waals surface area contributed by atoms with Crippen molar-refractivity contribution in [2.75, 3.05) is 13.2 Å². The molecule has 0 aliphatic rings. The summed E-state index contributed by atoms with van der Waals surface area (Å²) in [6, 6.07) is -0.129. The summed E-state index contributed by atoms with van der Waals surface area (Å²) < 4.78 is 5.55. The molecule has 0 saturated heterocycles. The number of aliphatic hydroxyl groups is 1. The van der Waals surface area contributed by atoms with Crippen LogP contribution in [-0.2, 0) is 4.74 Å². The van der Waals surface area contributed by atoms with Gasteiger partial charge in [-0.15, -0.1) is 0 Å². The number of hydrogen-bond donors (Lipinski definition) is 2. The van der Waals surface area contributed by atoms with Gasteiger partial charge in [0.15, 0.2) is 0 Å². The lowest BCUT2D eigenvalue weighted by Gasteiger charge is -2.18. The van der Waals surface area contributed by atoms with Gasteiger partial charge in [0.1, 0.15) is 0 Å². The number of nitrogens with two attached hydrogens (primary N) is 1. The number of unbranched alkanes of at least 4 members (excludes halogenated alkanes) is 10. The van der Waals surface area contributed by atoms with Crippen molar-refractivity contribution in [3.63, 3.8) is 0 Å². The molecule has 0 fully saturated rings. The molecule has 134 valence electrons. The van der Waals surface area contributed by atoms with E-state index in [1.165, 1.54) is 64.2 Å². The standard InChI is InChI=1S/C19H41NO2/c1-3-5-7-9-11-13-15-18(20)19(21)17-22-16-14-12-10-8-6-4-2/h18-19,21H,3-17,20H2,1-2H3. The van der Waals surface area contributed by atoms with Crippen LogP contribution in [0, 0.1) is 0 Å². The number of ether oxygens (including phenoxy) is 1. The van der Waals surface area contributed by atoms with Crippen LogP contribution in [0.3, 0.4) is 0 Å². The minimum atomic E-state index is -0.504. The number of hydrogen-bond acceptors (Lipinski definition) is 3. The summed E-state index contributed by atoms with van der Waals surface area (Å²) in [5.41, 5.74) is 6.02. The highest BCUT2D eigenvalue weighted by molar-refractivity contribution is 4.71. The molecule has 0 rings (SSSR count). The van der Waals surface area contributed by atoms with E-state index >= 15 is 0 Å². The Hall–Kier alpha value is -0.120. The molecule has 2 atom stereocenters. The second-order valence-electron chi connectivity index (χ2n) is 6.63. The first kappa shape index (κ1) is 21.9. The zero-order valence-electron chi connectivity index (χ0n) is 15.2. The maximum atomic E-state index is 9.98. The van der Waals surface area contributed by atoms with Crippen molar-refractivity contribution >= 4 is 0 Å². The Labute approximate surface area is 139 Å². The molecule has 22 heavy (non-hydrogen) atoms. The molecule has 0 spiro atoms. The molecule has 0 aromatic carbocycles. The van der Waals surface area contributed by atoms with Crippen LogP contribution in [0.2, 0.25) is 0 Å². The number of aliphatic hydroxyl groups excluding tert-OH is 1. The fraction of sp³-hybridized carbons (Fsp3) is 1.00. The Balaban J connectivity index is 3.33. The first-order valence-electron chi connectivity index (χ1n) is 9.73. The second-order valence-corrected chi connectivity index (χ2v) is 6.63. The van der Waals surface area contributed by atoms with E-state index in [0.717, 1.165) is 25.9 Å². The highest BCUT2D eigenvalue weighted by Crippen LogP contribution is 2.10. The van der Waals surface area contributed by atoms with E-state index in [0.29, 0.717) is 6.61 Å². The second kappa shape index (κ2) is 17.2. The fourth-order valence-corrected chi connectivity index (χ4v) is 2.66. The Morgan fingerprint density at radius 2 is 1.27 bits per heavy atom. The van der Waals surface area contributed by atoms with Crippen molar-refractivity contribution in [3.05, 3.63) is 0 Å². The molecule has 0 radical (unpaired) electrons. The lowest BCUT2D eigenvalue weighted by atomic mass is 10.0. The van der Waals surface area contributed by atoms with Crippen molar-refractivity contribution in [2.45, 2.75) is 109 Å². The van der Waals surface area contributed by atoms with E-state index < -0.39 is 6.10 Å². The molecule has 0 aromatic heterocycles. The lowest BCUT2D eigenvalue weighted by molar-refractivity contribution is 0.0203. The largest absolute Gasteiger partial charge is 0.389 e. The van der Waals surface area contributed by atoms with E-state index in [-0.39, 0.29) is 6.04 Å². The highest BCUT2D eigenvalue weighted by Gasteiger charge is 2.14. The van der Waals surface area contributed by atoms with Crippen LogP contribution < -0.4 is 5.73 Å². The third-order valence-corrected chi connectivity index (χ3v) is 4.32. The molecular weight excluding hydrogens is 274 g/mol. The molecule has 0 saturated carbocycles. The first-order valence-corrected chi connectivity index (χ1v) is 9.73. The molecule has 3 heteroatoms. The third kappa shape index (κ3) is 14.8. The fourth-order valence-electron chi connectivity index (χ4n) is 2.66. The van der Waals surface area contributed by atoms with Crippen LogP contribution in [0.4, 0.5) is 0 Å². The quantitative estimate of drug-likeness (QED) is 0.379. The van der Waals surface area contributed by atoms with Crippen LogP contribution in [0.1, 0.15) is 97.3 Å². The molecule has 0 amide bonds. The van der Waals surface area contributed by atoms with Gasteiger partial charge in [0.05, 0.1) is 12.7 Å². The van der Waals surface area contributed by atoms with Gasteiger partial charge in [-0.2, -0.15) is 0 Å². The van der Waals surface area contributed by atoms with Crippen molar-refractivity contribution < 1.29 is 9.84 Å². The molecule has 0 aliphatic heterocycles. The average Bonchev–Trinajstić information content (AvgIpc) is 2.52. The lowest BCUT2D eigenvalue weighted by Crippen LogP contribution is -2.38. The maximum absolute atomic E-state index is 9.98. The Morgan fingerprint density at radius 1 is 0.773 bits per heavy atom. The van der Waals surface area contributed by atoms with Gasteiger partial charge in [-0.1, -0.05) is 84.5 Å². The van der Waals surface area contributed by atoms with Crippen LogP contribution in [0.5, 0.6) is 0 Å². The molecule has 3 N–H and O–H groups in total. The summed E-state index contributed by atoms with van der Waals surface area (Å²) in [4.78, 5) is 0. The predicted molar refractivity (Wildman–Crippen MR) is 96.2 cm³/mol. The van der Waals surface area contributed by atoms with Gasteiger partial charge in [0.25, 0.3) is 0 Å². The molecule has 2 unspecified atom stereocenters. The normalized spacial score (nSPS) is 14.2.